The third-order valence-electron chi connectivity index (χ3n) is 9.29. The lowest BCUT2D eigenvalue weighted by molar-refractivity contribution is -0.135. The molecule has 0 saturated carbocycles. The average Bonchev–Trinajstić information content (AvgIpc) is 3.14. The van der Waals surface area contributed by atoms with Crippen molar-refractivity contribution in [2.24, 2.45) is 0 Å². The monoisotopic (exact) mass is 708 g/mol. The minimum absolute atomic E-state index is 0.261. The summed E-state index contributed by atoms with van der Waals surface area (Å²) in [5.74, 6) is -1.10. The first-order valence-electron chi connectivity index (χ1n) is 19.7. The predicted molar refractivity (Wildman–Crippen MR) is 202 cm³/mol. The number of para-hydroxylation sites is 2. The lowest BCUT2D eigenvalue weighted by Crippen LogP contribution is -2.11. The topological polar surface area (TPSA) is 105 Å². The van der Waals surface area contributed by atoms with E-state index in [1.54, 1.807) is 48.5 Å². The molecule has 0 aliphatic heterocycles. The first-order chi connectivity index (χ1) is 25.0. The van der Waals surface area contributed by atoms with Gasteiger partial charge >= 0.3 is 23.9 Å². The molecule has 284 valence electrons. The smallest absolute Gasteiger partial charge is 0.341 e. The van der Waals surface area contributed by atoms with Gasteiger partial charge in [0, 0.05) is 12.8 Å². The molecule has 0 amide bonds. The lowest BCUT2D eigenvalue weighted by atomic mass is 10.0. The maximum absolute atomic E-state index is 12.2. The number of hydrogen-bond donors (Lipinski definition) is 0. The maximum Gasteiger partial charge on any atom is 0.341 e. The second kappa shape index (κ2) is 29.0. The highest BCUT2D eigenvalue weighted by Gasteiger charge is 2.16. The second-order valence-corrected chi connectivity index (χ2v) is 13.6. The van der Waals surface area contributed by atoms with E-state index in [4.69, 9.17) is 18.9 Å². The Kier molecular flexibility index (Phi) is 24.7. The van der Waals surface area contributed by atoms with Gasteiger partial charge in [-0.25, -0.2) is 9.59 Å². The van der Waals surface area contributed by atoms with Crippen molar-refractivity contribution in [1.82, 2.24) is 0 Å². The highest BCUT2D eigenvalue weighted by molar-refractivity contribution is 5.94. The molecule has 0 fully saturated rings. The summed E-state index contributed by atoms with van der Waals surface area (Å²) in [6.07, 6.45) is 29.2. The molecule has 2 aromatic rings. The molecular weight excluding hydrogens is 644 g/mol. The van der Waals surface area contributed by atoms with Crippen molar-refractivity contribution in [3.8, 4) is 11.5 Å². The first-order valence-corrected chi connectivity index (χ1v) is 19.7. The fraction of sp³-hybridized carbons (Fsp3) is 0.628. The summed E-state index contributed by atoms with van der Waals surface area (Å²) in [5, 5.41) is 0. The van der Waals surface area contributed by atoms with Gasteiger partial charge in [0.1, 0.15) is 22.6 Å². The largest absolute Gasteiger partial charge is 0.465 e. The van der Waals surface area contributed by atoms with Crippen molar-refractivity contribution in [2.45, 2.75) is 161 Å². The number of rotatable bonds is 30. The van der Waals surface area contributed by atoms with Crippen molar-refractivity contribution < 1.29 is 38.1 Å². The summed E-state index contributed by atoms with van der Waals surface area (Å²) < 4.78 is 20.3. The van der Waals surface area contributed by atoms with Crippen LogP contribution in [0.4, 0.5) is 0 Å². The maximum atomic E-state index is 12.2. The Hall–Kier alpha value is -3.68. The normalized spacial score (nSPS) is 10.9. The summed E-state index contributed by atoms with van der Waals surface area (Å²) in [5.41, 5.74) is 0.542. The fourth-order valence-electron chi connectivity index (χ4n) is 6.27. The van der Waals surface area contributed by atoms with Crippen LogP contribution in [0.5, 0.6) is 11.5 Å². The molecule has 51 heavy (non-hydrogen) atoms. The standard InChI is InChI=1S/C43H64O8/c1-48-42(46)36-30-26-28-32-38(36)50-40(44)34-24-22-20-18-16-14-12-10-8-6-4-3-5-7-9-11-13-15-17-19-21-23-25-35-41(45)51-39-33-29-27-31-37(39)43(47)49-2/h26-33H,3-25,34-35H2,1-2H3. The zero-order chi connectivity index (χ0) is 36.8. The summed E-state index contributed by atoms with van der Waals surface area (Å²) in [6, 6.07) is 13.3. The van der Waals surface area contributed by atoms with Gasteiger partial charge in [-0.2, -0.15) is 0 Å². The molecule has 0 N–H and O–H groups in total. The van der Waals surface area contributed by atoms with Crippen molar-refractivity contribution in [2.75, 3.05) is 14.2 Å². The van der Waals surface area contributed by atoms with E-state index >= 15 is 0 Å². The minimum atomic E-state index is -0.506. The molecule has 0 aliphatic rings. The highest BCUT2D eigenvalue weighted by atomic mass is 16.6. The molecule has 0 saturated heterocycles. The molecule has 8 heteroatoms. The average molecular weight is 709 g/mol. The van der Waals surface area contributed by atoms with Gasteiger partial charge in [-0.1, -0.05) is 159 Å². The van der Waals surface area contributed by atoms with Crippen LogP contribution in [0.1, 0.15) is 181 Å². The molecule has 0 radical (unpaired) electrons. The number of carbonyl (C=O) groups excluding carboxylic acids is 4. The molecule has 0 spiro atoms. The minimum Gasteiger partial charge on any atom is -0.465 e. The lowest BCUT2D eigenvalue weighted by Gasteiger charge is -2.08. The molecule has 0 aromatic heterocycles. The zero-order valence-electron chi connectivity index (χ0n) is 31.6. The number of hydrogen-bond acceptors (Lipinski definition) is 8. The molecule has 0 aliphatic carbocycles. The van der Waals surface area contributed by atoms with Crippen LogP contribution < -0.4 is 9.47 Å². The van der Waals surface area contributed by atoms with E-state index in [0.29, 0.717) is 12.8 Å². The highest BCUT2D eigenvalue weighted by Crippen LogP contribution is 2.22. The van der Waals surface area contributed by atoms with Crippen molar-refractivity contribution in [3.05, 3.63) is 59.7 Å². The number of unbranched alkanes of at least 4 members (excludes halogenated alkanes) is 22. The summed E-state index contributed by atoms with van der Waals surface area (Å²) in [6.45, 7) is 0. The number of carbonyl (C=O) groups is 4. The third-order valence-corrected chi connectivity index (χ3v) is 9.29. The van der Waals surface area contributed by atoms with Crippen LogP contribution in [-0.4, -0.2) is 38.1 Å². The third kappa shape index (κ3) is 20.7. The van der Waals surface area contributed by atoms with Gasteiger partial charge in [0.25, 0.3) is 0 Å². The van der Waals surface area contributed by atoms with E-state index in [9.17, 15) is 19.2 Å². The fourth-order valence-corrected chi connectivity index (χ4v) is 6.27. The van der Waals surface area contributed by atoms with Crippen molar-refractivity contribution in [3.63, 3.8) is 0 Å². The van der Waals surface area contributed by atoms with Crippen LogP contribution >= 0.6 is 0 Å². The molecule has 8 nitrogen and oxygen atoms in total. The Morgan fingerprint density at radius 1 is 0.373 bits per heavy atom. The SMILES string of the molecule is COC(=O)c1ccccc1OC(=O)CCCCCCCCCCCCCCCCCCCCCCCCCC(=O)Oc1ccccc1C(=O)OC. The number of esters is 4. The van der Waals surface area contributed by atoms with Gasteiger partial charge in [0.15, 0.2) is 0 Å². The summed E-state index contributed by atoms with van der Waals surface area (Å²) in [4.78, 5) is 48.0. The number of ether oxygens (including phenoxy) is 4. The number of benzene rings is 2. The van der Waals surface area contributed by atoms with Crippen LogP contribution in [0, 0.1) is 0 Å². The van der Waals surface area contributed by atoms with E-state index in [2.05, 4.69) is 0 Å². The Labute approximate surface area is 307 Å². The van der Waals surface area contributed by atoms with Crippen LogP contribution in [0.3, 0.4) is 0 Å². The Balaban J connectivity index is 1.27. The second-order valence-electron chi connectivity index (χ2n) is 13.6. The van der Waals surface area contributed by atoms with Gasteiger partial charge in [0.05, 0.1) is 14.2 Å². The van der Waals surface area contributed by atoms with Crippen LogP contribution in [-0.2, 0) is 19.1 Å². The predicted octanol–water partition coefficient (Wildman–Crippen LogP) is 11.5. The van der Waals surface area contributed by atoms with Crippen LogP contribution in [0.15, 0.2) is 48.5 Å². The van der Waals surface area contributed by atoms with Crippen molar-refractivity contribution >= 4 is 23.9 Å². The van der Waals surface area contributed by atoms with Gasteiger partial charge in [0.2, 0.25) is 0 Å². The Bertz CT molecular complexity index is 1160. The molecule has 0 heterocycles. The molecule has 0 atom stereocenters. The van der Waals surface area contributed by atoms with E-state index in [1.807, 2.05) is 0 Å². The summed E-state index contributed by atoms with van der Waals surface area (Å²) >= 11 is 0. The van der Waals surface area contributed by atoms with Gasteiger partial charge < -0.3 is 18.9 Å². The molecule has 2 aromatic carbocycles. The Morgan fingerprint density at radius 2 is 0.608 bits per heavy atom. The van der Waals surface area contributed by atoms with E-state index < -0.39 is 11.9 Å². The van der Waals surface area contributed by atoms with Gasteiger partial charge in [-0.15, -0.1) is 0 Å². The zero-order valence-corrected chi connectivity index (χ0v) is 31.6. The molecule has 0 unspecified atom stereocenters. The first kappa shape index (κ1) is 43.5. The van der Waals surface area contributed by atoms with Crippen LogP contribution in [0.2, 0.25) is 0 Å². The summed E-state index contributed by atoms with van der Waals surface area (Å²) in [7, 11) is 2.63. The van der Waals surface area contributed by atoms with Crippen LogP contribution in [0.25, 0.3) is 0 Å². The molecule has 2 rings (SSSR count). The van der Waals surface area contributed by atoms with E-state index in [0.717, 1.165) is 38.5 Å². The number of methoxy groups -OCH3 is 2. The van der Waals surface area contributed by atoms with E-state index in [-0.39, 0.29) is 34.6 Å². The van der Waals surface area contributed by atoms with E-state index in [1.165, 1.54) is 123 Å². The molecule has 0 bridgehead atoms. The molecular formula is C43H64O8. The van der Waals surface area contributed by atoms with Gasteiger partial charge in [-0.3, -0.25) is 9.59 Å². The van der Waals surface area contributed by atoms with Crippen molar-refractivity contribution in [1.29, 1.82) is 0 Å². The Morgan fingerprint density at radius 3 is 0.863 bits per heavy atom. The quantitative estimate of drug-likeness (QED) is 0.0448. The van der Waals surface area contributed by atoms with Gasteiger partial charge in [-0.05, 0) is 37.1 Å².